The van der Waals surface area contributed by atoms with E-state index in [1.165, 1.54) is 0 Å². The van der Waals surface area contributed by atoms with Crippen LogP contribution in [0.5, 0.6) is 0 Å². The lowest BCUT2D eigenvalue weighted by Crippen LogP contribution is -2.36. The van der Waals surface area contributed by atoms with Gasteiger partial charge in [-0.2, -0.15) is 0 Å². The number of sulfone groups is 1. The van der Waals surface area contributed by atoms with Crippen molar-refractivity contribution in [3.8, 4) is 0 Å². The lowest BCUT2D eigenvalue weighted by molar-refractivity contribution is 0.485. The molecule has 0 heterocycles. The average molecular weight is 306 g/mol. The fourth-order valence-corrected chi connectivity index (χ4v) is 4.94. The highest BCUT2D eigenvalue weighted by molar-refractivity contribution is 7.93. The minimum absolute atomic E-state index is 0.0871. The predicted octanol–water partition coefficient (Wildman–Crippen LogP) is 4.77. The number of benzene rings is 1. The summed E-state index contributed by atoms with van der Waals surface area (Å²) < 4.78 is 25.5. The molecular weight excluding hydrogens is 280 g/mol. The Bertz CT molecular complexity index is 621. The number of allylic oxidation sites excluding steroid dienone is 1. The third-order valence-electron chi connectivity index (χ3n) is 4.29. The first-order valence-electron chi connectivity index (χ1n) is 7.79. The van der Waals surface area contributed by atoms with Gasteiger partial charge in [0, 0.05) is 0 Å². The Morgan fingerprint density at radius 3 is 2.43 bits per heavy atom. The molecule has 1 aliphatic rings. The summed E-state index contributed by atoms with van der Waals surface area (Å²) >= 11 is 0. The standard InChI is InChI=1S/C18H26O2S/c1-5-6-9-15-13-12-14-10-7-8-11-16(14)17(15)21(19,20)18(2,3)4/h7-8,10-13,15,17H,5-6,9H2,1-4H3/t15-,17+/m1/s1. The van der Waals surface area contributed by atoms with Gasteiger partial charge < -0.3 is 0 Å². The summed E-state index contributed by atoms with van der Waals surface area (Å²) in [6.45, 7) is 7.56. The van der Waals surface area contributed by atoms with E-state index in [0.717, 1.165) is 30.4 Å². The van der Waals surface area contributed by atoms with E-state index in [9.17, 15) is 8.42 Å². The molecule has 3 heteroatoms. The van der Waals surface area contributed by atoms with E-state index in [0.29, 0.717) is 0 Å². The number of hydrogen-bond donors (Lipinski definition) is 0. The molecule has 1 aromatic carbocycles. The summed E-state index contributed by atoms with van der Waals surface area (Å²) in [6, 6.07) is 7.90. The summed E-state index contributed by atoms with van der Waals surface area (Å²) in [4.78, 5) is 0. The van der Waals surface area contributed by atoms with E-state index in [1.54, 1.807) is 20.8 Å². The maximum atomic E-state index is 13.1. The summed E-state index contributed by atoms with van der Waals surface area (Å²) in [7, 11) is -3.24. The van der Waals surface area contributed by atoms with Gasteiger partial charge in [0.25, 0.3) is 0 Å². The van der Waals surface area contributed by atoms with Crippen molar-refractivity contribution in [1.29, 1.82) is 0 Å². The summed E-state index contributed by atoms with van der Waals surface area (Å²) in [5, 5.41) is -0.412. The zero-order chi connectivity index (χ0) is 15.7. The number of unbranched alkanes of at least 4 members (excludes halogenated alkanes) is 1. The normalized spacial score (nSPS) is 22.1. The summed E-state index contributed by atoms with van der Waals surface area (Å²) in [5.74, 6) is 0.0871. The van der Waals surface area contributed by atoms with E-state index in [2.05, 4.69) is 19.1 Å². The lowest BCUT2D eigenvalue weighted by Gasteiger charge is -2.34. The van der Waals surface area contributed by atoms with Gasteiger partial charge in [-0.15, -0.1) is 0 Å². The molecule has 0 aromatic heterocycles. The minimum Gasteiger partial charge on any atom is -0.228 e. The predicted molar refractivity (Wildman–Crippen MR) is 89.9 cm³/mol. The molecule has 116 valence electrons. The third kappa shape index (κ3) is 3.08. The molecule has 1 aliphatic carbocycles. The first kappa shape index (κ1) is 16.3. The highest BCUT2D eigenvalue weighted by atomic mass is 32.2. The van der Waals surface area contributed by atoms with Gasteiger partial charge in [-0.05, 0) is 44.2 Å². The molecule has 21 heavy (non-hydrogen) atoms. The summed E-state index contributed by atoms with van der Waals surface area (Å²) in [6.07, 6.45) is 7.28. The van der Waals surface area contributed by atoms with Crippen molar-refractivity contribution in [3.05, 3.63) is 41.5 Å². The molecule has 2 nitrogen and oxygen atoms in total. The second-order valence-corrected chi connectivity index (χ2v) is 9.69. The Labute approximate surface area is 129 Å². The maximum Gasteiger partial charge on any atom is 0.162 e. The largest absolute Gasteiger partial charge is 0.228 e. The second kappa shape index (κ2) is 5.96. The molecule has 1 aromatic rings. The highest BCUT2D eigenvalue weighted by Crippen LogP contribution is 2.44. The topological polar surface area (TPSA) is 34.1 Å². The molecule has 0 unspecified atom stereocenters. The monoisotopic (exact) mass is 306 g/mol. The van der Waals surface area contributed by atoms with Crippen LogP contribution in [0.2, 0.25) is 0 Å². The Morgan fingerprint density at radius 2 is 1.81 bits per heavy atom. The number of rotatable bonds is 4. The quantitative estimate of drug-likeness (QED) is 0.802. The van der Waals surface area contributed by atoms with E-state index in [4.69, 9.17) is 0 Å². The van der Waals surface area contributed by atoms with Crippen molar-refractivity contribution in [2.45, 2.75) is 57.0 Å². The fraction of sp³-hybridized carbons (Fsp3) is 0.556. The van der Waals surface area contributed by atoms with Gasteiger partial charge in [-0.1, -0.05) is 56.2 Å². The Hall–Kier alpha value is -1.09. The second-order valence-electron chi connectivity index (χ2n) is 6.87. The zero-order valence-corrected chi connectivity index (χ0v) is 14.3. The van der Waals surface area contributed by atoms with Crippen molar-refractivity contribution in [1.82, 2.24) is 0 Å². The number of fused-ring (bicyclic) bond motifs is 1. The first-order chi connectivity index (χ1) is 9.79. The molecular formula is C18H26O2S. The van der Waals surface area contributed by atoms with Crippen molar-refractivity contribution in [2.75, 3.05) is 0 Å². The summed E-state index contributed by atoms with van der Waals surface area (Å²) in [5.41, 5.74) is 2.01. The zero-order valence-electron chi connectivity index (χ0n) is 13.5. The van der Waals surface area contributed by atoms with E-state index < -0.39 is 19.8 Å². The van der Waals surface area contributed by atoms with Crippen LogP contribution in [-0.2, 0) is 9.84 Å². The molecule has 0 bridgehead atoms. The van der Waals surface area contributed by atoms with Crippen molar-refractivity contribution in [3.63, 3.8) is 0 Å². The van der Waals surface area contributed by atoms with Crippen LogP contribution < -0.4 is 0 Å². The first-order valence-corrected chi connectivity index (χ1v) is 9.34. The Morgan fingerprint density at radius 1 is 1.14 bits per heavy atom. The van der Waals surface area contributed by atoms with Gasteiger partial charge in [-0.25, -0.2) is 8.42 Å². The molecule has 0 amide bonds. The van der Waals surface area contributed by atoms with Crippen LogP contribution in [0, 0.1) is 5.92 Å². The SMILES string of the molecule is CCCC[C@@H]1C=Cc2ccccc2[C@H]1S(=O)(=O)C(C)(C)C. The van der Waals surface area contributed by atoms with Crippen LogP contribution in [0.3, 0.4) is 0 Å². The average Bonchev–Trinajstić information content (AvgIpc) is 2.42. The molecule has 0 fully saturated rings. The van der Waals surface area contributed by atoms with Crippen molar-refractivity contribution >= 4 is 15.9 Å². The molecule has 0 aliphatic heterocycles. The molecule has 0 saturated carbocycles. The highest BCUT2D eigenvalue weighted by Gasteiger charge is 2.43. The van der Waals surface area contributed by atoms with Crippen LogP contribution >= 0.6 is 0 Å². The van der Waals surface area contributed by atoms with Gasteiger partial charge >= 0.3 is 0 Å². The molecule has 0 spiro atoms. The van der Waals surface area contributed by atoms with Gasteiger partial charge in [0.1, 0.15) is 0 Å². The van der Waals surface area contributed by atoms with Gasteiger partial charge in [-0.3, -0.25) is 0 Å². The maximum absolute atomic E-state index is 13.1. The smallest absolute Gasteiger partial charge is 0.162 e. The fourth-order valence-electron chi connectivity index (χ4n) is 2.95. The van der Waals surface area contributed by atoms with Gasteiger partial charge in [0.2, 0.25) is 0 Å². The third-order valence-corrected chi connectivity index (χ3v) is 7.27. The number of hydrogen-bond acceptors (Lipinski definition) is 2. The van der Waals surface area contributed by atoms with Crippen LogP contribution in [0.15, 0.2) is 30.3 Å². The molecule has 2 rings (SSSR count). The molecule has 0 radical (unpaired) electrons. The van der Waals surface area contributed by atoms with E-state index >= 15 is 0 Å². The lowest BCUT2D eigenvalue weighted by atomic mass is 9.86. The van der Waals surface area contributed by atoms with E-state index in [1.807, 2.05) is 24.3 Å². The molecule has 0 saturated heterocycles. The molecule has 2 atom stereocenters. The minimum atomic E-state index is -3.24. The van der Waals surface area contributed by atoms with Crippen LogP contribution in [0.1, 0.15) is 63.3 Å². The molecule has 0 N–H and O–H groups in total. The van der Waals surface area contributed by atoms with Crippen molar-refractivity contribution in [2.24, 2.45) is 5.92 Å². The van der Waals surface area contributed by atoms with Gasteiger partial charge in [0.05, 0.1) is 10.00 Å². The van der Waals surface area contributed by atoms with Gasteiger partial charge in [0.15, 0.2) is 9.84 Å². The van der Waals surface area contributed by atoms with Crippen LogP contribution in [0.25, 0.3) is 6.08 Å². The van der Waals surface area contributed by atoms with Crippen molar-refractivity contribution < 1.29 is 8.42 Å². The van der Waals surface area contributed by atoms with E-state index in [-0.39, 0.29) is 5.92 Å². The van der Waals surface area contributed by atoms with Crippen LogP contribution in [0.4, 0.5) is 0 Å². The Kier molecular flexibility index (Phi) is 4.62. The Balaban J connectivity index is 2.52. The van der Waals surface area contributed by atoms with Crippen LogP contribution in [-0.4, -0.2) is 13.2 Å².